The summed E-state index contributed by atoms with van der Waals surface area (Å²) in [6.07, 6.45) is 3.30. The highest BCUT2D eigenvalue weighted by Crippen LogP contribution is 2.29. The third-order valence-corrected chi connectivity index (χ3v) is 4.40. The number of amides is 1. The lowest BCUT2D eigenvalue weighted by Gasteiger charge is -2.12. The van der Waals surface area contributed by atoms with Crippen molar-refractivity contribution < 1.29 is 9.18 Å². The van der Waals surface area contributed by atoms with Crippen LogP contribution in [0.15, 0.2) is 53.9 Å². The van der Waals surface area contributed by atoms with Crippen LogP contribution in [0.1, 0.15) is 6.92 Å². The van der Waals surface area contributed by atoms with Crippen molar-refractivity contribution in [2.24, 2.45) is 5.73 Å². The minimum absolute atomic E-state index is 0.336. The van der Waals surface area contributed by atoms with Crippen molar-refractivity contribution in [1.82, 2.24) is 19.7 Å². The number of thioether (sulfide) groups is 1. The van der Waals surface area contributed by atoms with Crippen LogP contribution in [0.2, 0.25) is 0 Å². The molecule has 2 heterocycles. The fourth-order valence-electron chi connectivity index (χ4n) is 2.07. The smallest absolute Gasteiger partial charge is 0.230 e. The van der Waals surface area contributed by atoms with Gasteiger partial charge in [-0.15, -0.1) is 10.2 Å². The van der Waals surface area contributed by atoms with E-state index in [-0.39, 0.29) is 5.82 Å². The first-order chi connectivity index (χ1) is 11.6. The van der Waals surface area contributed by atoms with Gasteiger partial charge in [0, 0.05) is 23.6 Å². The third kappa shape index (κ3) is 3.28. The number of benzene rings is 1. The SMILES string of the molecule is CC(Sc1nnc(-c2ccncc2)n1-c1ccc(F)cc1)C(N)=O. The van der Waals surface area contributed by atoms with E-state index in [1.54, 1.807) is 48.1 Å². The molecule has 1 aromatic carbocycles. The molecule has 1 unspecified atom stereocenters. The van der Waals surface area contributed by atoms with Crippen molar-refractivity contribution >= 4 is 17.7 Å². The van der Waals surface area contributed by atoms with E-state index in [0.717, 1.165) is 5.56 Å². The number of aromatic nitrogens is 4. The number of nitrogens with zero attached hydrogens (tertiary/aromatic N) is 4. The van der Waals surface area contributed by atoms with E-state index in [1.165, 1.54) is 23.9 Å². The molecule has 0 spiro atoms. The Morgan fingerprint density at radius 2 is 1.83 bits per heavy atom. The number of hydrogen-bond donors (Lipinski definition) is 1. The van der Waals surface area contributed by atoms with E-state index in [9.17, 15) is 9.18 Å². The van der Waals surface area contributed by atoms with Crippen molar-refractivity contribution in [3.63, 3.8) is 0 Å². The lowest BCUT2D eigenvalue weighted by Crippen LogP contribution is -2.23. The molecule has 0 aliphatic heterocycles. The number of pyridine rings is 1. The quantitative estimate of drug-likeness (QED) is 0.719. The Morgan fingerprint density at radius 3 is 2.46 bits per heavy atom. The van der Waals surface area contributed by atoms with Crippen LogP contribution >= 0.6 is 11.8 Å². The van der Waals surface area contributed by atoms with Crippen LogP contribution < -0.4 is 5.73 Å². The fraction of sp³-hybridized carbons (Fsp3) is 0.125. The first-order valence-corrected chi connectivity index (χ1v) is 8.02. The molecular formula is C16H14FN5OS. The summed E-state index contributed by atoms with van der Waals surface area (Å²) in [7, 11) is 0. The molecule has 0 aliphatic carbocycles. The van der Waals surface area contributed by atoms with E-state index >= 15 is 0 Å². The zero-order valence-corrected chi connectivity index (χ0v) is 13.6. The Hall–Kier alpha value is -2.74. The highest BCUT2D eigenvalue weighted by atomic mass is 32.2. The summed E-state index contributed by atoms with van der Waals surface area (Å²) in [5.74, 6) is -0.209. The molecule has 0 fully saturated rings. The molecule has 0 radical (unpaired) electrons. The largest absolute Gasteiger partial charge is 0.369 e. The van der Waals surface area contributed by atoms with E-state index in [4.69, 9.17) is 5.73 Å². The van der Waals surface area contributed by atoms with E-state index in [0.29, 0.717) is 16.7 Å². The van der Waals surface area contributed by atoms with Gasteiger partial charge in [-0.3, -0.25) is 14.3 Å². The topological polar surface area (TPSA) is 86.7 Å². The number of carbonyl (C=O) groups is 1. The van der Waals surface area contributed by atoms with Crippen molar-refractivity contribution in [3.05, 3.63) is 54.6 Å². The average Bonchev–Trinajstić information content (AvgIpc) is 3.00. The van der Waals surface area contributed by atoms with Gasteiger partial charge in [0.15, 0.2) is 11.0 Å². The van der Waals surface area contributed by atoms with Crippen LogP contribution in [0.3, 0.4) is 0 Å². The van der Waals surface area contributed by atoms with Crippen molar-refractivity contribution in [3.8, 4) is 17.1 Å². The lowest BCUT2D eigenvalue weighted by atomic mass is 10.2. The number of rotatable bonds is 5. The van der Waals surface area contributed by atoms with Gasteiger partial charge in [0.2, 0.25) is 5.91 Å². The second kappa shape index (κ2) is 6.79. The molecule has 1 amide bonds. The molecule has 0 saturated carbocycles. The number of carbonyl (C=O) groups excluding carboxylic acids is 1. The second-order valence-electron chi connectivity index (χ2n) is 5.02. The predicted octanol–water partition coefficient (Wildman–Crippen LogP) is 2.43. The van der Waals surface area contributed by atoms with Gasteiger partial charge in [0.25, 0.3) is 0 Å². The predicted molar refractivity (Wildman–Crippen MR) is 89.1 cm³/mol. The minimum Gasteiger partial charge on any atom is -0.369 e. The Morgan fingerprint density at radius 1 is 1.17 bits per heavy atom. The highest BCUT2D eigenvalue weighted by Gasteiger charge is 2.20. The summed E-state index contributed by atoms with van der Waals surface area (Å²) >= 11 is 1.20. The van der Waals surface area contributed by atoms with Gasteiger partial charge >= 0.3 is 0 Å². The van der Waals surface area contributed by atoms with Crippen LogP contribution in [0.5, 0.6) is 0 Å². The summed E-state index contributed by atoms with van der Waals surface area (Å²) in [6, 6.07) is 9.58. The fourth-order valence-corrected chi connectivity index (χ4v) is 2.89. The van der Waals surface area contributed by atoms with Crippen LogP contribution in [0, 0.1) is 5.82 Å². The summed E-state index contributed by atoms with van der Waals surface area (Å²) in [6.45, 7) is 1.70. The standard InChI is InChI=1S/C16H14FN5OS/c1-10(14(18)23)24-16-21-20-15(11-6-8-19-9-7-11)22(16)13-4-2-12(17)3-5-13/h2-10H,1H3,(H2,18,23). The number of halogens is 1. The molecular weight excluding hydrogens is 329 g/mol. The molecule has 3 aromatic rings. The molecule has 2 N–H and O–H groups in total. The molecule has 122 valence electrons. The highest BCUT2D eigenvalue weighted by molar-refractivity contribution is 8.00. The van der Waals surface area contributed by atoms with Gasteiger partial charge in [-0.25, -0.2) is 4.39 Å². The van der Waals surface area contributed by atoms with E-state index < -0.39 is 11.2 Å². The average molecular weight is 343 g/mol. The van der Waals surface area contributed by atoms with Crippen molar-refractivity contribution in [2.75, 3.05) is 0 Å². The van der Waals surface area contributed by atoms with E-state index in [2.05, 4.69) is 15.2 Å². The summed E-state index contributed by atoms with van der Waals surface area (Å²) in [5.41, 5.74) is 6.83. The summed E-state index contributed by atoms with van der Waals surface area (Å²) < 4.78 is 15.0. The Kier molecular flexibility index (Phi) is 4.57. The molecule has 2 aromatic heterocycles. The Labute approximate surface area is 141 Å². The van der Waals surface area contributed by atoms with Crippen LogP contribution in [0.4, 0.5) is 4.39 Å². The number of nitrogens with two attached hydrogens (primary N) is 1. The molecule has 0 aliphatic rings. The molecule has 0 saturated heterocycles. The Bertz CT molecular complexity index is 851. The number of primary amides is 1. The van der Waals surface area contributed by atoms with Gasteiger partial charge < -0.3 is 5.73 Å². The zero-order chi connectivity index (χ0) is 17.1. The van der Waals surface area contributed by atoms with Gasteiger partial charge in [0.05, 0.1) is 5.25 Å². The molecule has 6 nitrogen and oxygen atoms in total. The minimum atomic E-state index is -0.473. The maximum absolute atomic E-state index is 13.3. The molecule has 0 bridgehead atoms. The van der Waals surface area contributed by atoms with Gasteiger partial charge in [-0.05, 0) is 43.3 Å². The van der Waals surface area contributed by atoms with Gasteiger partial charge in [-0.2, -0.15) is 0 Å². The molecule has 1 atom stereocenters. The summed E-state index contributed by atoms with van der Waals surface area (Å²) in [5, 5.41) is 8.41. The Balaban J connectivity index is 2.12. The second-order valence-corrected chi connectivity index (χ2v) is 6.32. The monoisotopic (exact) mass is 343 g/mol. The molecule has 3 rings (SSSR count). The lowest BCUT2D eigenvalue weighted by molar-refractivity contribution is -0.117. The van der Waals surface area contributed by atoms with Crippen LogP contribution in [0.25, 0.3) is 17.1 Å². The molecule has 8 heteroatoms. The third-order valence-electron chi connectivity index (χ3n) is 3.34. The normalized spacial score (nSPS) is 12.1. The molecule has 24 heavy (non-hydrogen) atoms. The first kappa shape index (κ1) is 16.1. The van der Waals surface area contributed by atoms with Gasteiger partial charge in [-0.1, -0.05) is 11.8 Å². The van der Waals surface area contributed by atoms with Crippen molar-refractivity contribution in [2.45, 2.75) is 17.3 Å². The van der Waals surface area contributed by atoms with Crippen LogP contribution in [-0.4, -0.2) is 30.9 Å². The first-order valence-electron chi connectivity index (χ1n) is 7.14. The number of hydrogen-bond acceptors (Lipinski definition) is 5. The maximum atomic E-state index is 13.3. The maximum Gasteiger partial charge on any atom is 0.230 e. The van der Waals surface area contributed by atoms with Gasteiger partial charge in [0.1, 0.15) is 5.82 Å². The van der Waals surface area contributed by atoms with Crippen LogP contribution in [-0.2, 0) is 4.79 Å². The van der Waals surface area contributed by atoms with Crippen molar-refractivity contribution in [1.29, 1.82) is 0 Å². The van der Waals surface area contributed by atoms with E-state index in [1.807, 2.05) is 0 Å². The zero-order valence-electron chi connectivity index (χ0n) is 12.8. The summed E-state index contributed by atoms with van der Waals surface area (Å²) in [4.78, 5) is 15.3.